The number of ether oxygens (including phenoxy) is 1. The molecule has 10 heteroatoms. The molecule has 0 aliphatic rings. The van der Waals surface area contributed by atoms with Gasteiger partial charge in [0.1, 0.15) is 17.9 Å². The monoisotopic (exact) mass is 499 g/mol. The van der Waals surface area contributed by atoms with Gasteiger partial charge in [-0.1, -0.05) is 48.0 Å². The maximum atomic E-state index is 12.5. The first-order chi connectivity index (χ1) is 16.8. The zero-order chi connectivity index (χ0) is 25.3. The van der Waals surface area contributed by atoms with Crippen LogP contribution in [-0.4, -0.2) is 31.1 Å². The van der Waals surface area contributed by atoms with Crippen molar-refractivity contribution in [3.63, 3.8) is 0 Å². The SMILES string of the molecule is Cc1ccc(S(=O)(=O)O)cc1.NCC(=CF)COc1ccc2nc(NCc3ccccc3)oc2c1. The predicted octanol–water partition coefficient (Wildman–Crippen LogP) is 4.87. The van der Waals surface area contributed by atoms with Crippen molar-refractivity contribution >= 4 is 27.2 Å². The number of oxazole rings is 1. The molecule has 0 amide bonds. The molecule has 0 fully saturated rings. The van der Waals surface area contributed by atoms with E-state index in [1.165, 1.54) is 12.1 Å². The molecule has 184 valence electrons. The second-order valence-corrected chi connectivity index (χ2v) is 8.96. The third-order valence-electron chi connectivity index (χ3n) is 4.81. The number of halogens is 1. The van der Waals surface area contributed by atoms with Crippen LogP contribution in [0, 0.1) is 6.92 Å². The summed E-state index contributed by atoms with van der Waals surface area (Å²) in [7, 11) is -4.02. The van der Waals surface area contributed by atoms with Gasteiger partial charge >= 0.3 is 0 Å². The number of aromatic nitrogens is 1. The van der Waals surface area contributed by atoms with Crippen LogP contribution in [0.3, 0.4) is 0 Å². The smallest absolute Gasteiger partial charge is 0.295 e. The number of hydrogen-bond acceptors (Lipinski definition) is 7. The van der Waals surface area contributed by atoms with E-state index in [1.807, 2.05) is 37.3 Å². The van der Waals surface area contributed by atoms with Gasteiger partial charge in [-0.15, -0.1) is 0 Å². The van der Waals surface area contributed by atoms with E-state index >= 15 is 0 Å². The van der Waals surface area contributed by atoms with E-state index < -0.39 is 10.1 Å². The van der Waals surface area contributed by atoms with Gasteiger partial charge in [0, 0.05) is 24.7 Å². The lowest BCUT2D eigenvalue weighted by atomic mass is 10.2. The number of nitrogens with two attached hydrogens (primary N) is 1. The fourth-order valence-corrected chi connectivity index (χ4v) is 3.35. The van der Waals surface area contributed by atoms with Crippen molar-refractivity contribution in [3.8, 4) is 5.75 Å². The van der Waals surface area contributed by atoms with Crippen LogP contribution in [0.2, 0.25) is 0 Å². The number of hydrogen-bond donors (Lipinski definition) is 3. The van der Waals surface area contributed by atoms with Gasteiger partial charge in [0.15, 0.2) is 5.58 Å². The van der Waals surface area contributed by atoms with Gasteiger partial charge in [-0.3, -0.25) is 4.55 Å². The third kappa shape index (κ3) is 7.92. The molecular weight excluding hydrogens is 473 g/mol. The van der Waals surface area contributed by atoms with Crippen molar-refractivity contribution < 1.29 is 26.5 Å². The number of benzene rings is 3. The molecule has 1 heterocycles. The lowest BCUT2D eigenvalue weighted by Gasteiger charge is -2.06. The minimum Gasteiger partial charge on any atom is -0.489 e. The Morgan fingerprint density at radius 2 is 1.86 bits per heavy atom. The second-order valence-electron chi connectivity index (χ2n) is 7.54. The highest BCUT2D eigenvalue weighted by Crippen LogP contribution is 2.24. The normalized spacial score (nSPS) is 11.6. The van der Waals surface area contributed by atoms with Gasteiger partial charge in [-0.25, -0.2) is 4.39 Å². The summed E-state index contributed by atoms with van der Waals surface area (Å²) in [6.07, 6.45) is 0.471. The Bertz CT molecular complexity index is 1370. The maximum Gasteiger partial charge on any atom is 0.295 e. The largest absolute Gasteiger partial charge is 0.489 e. The molecule has 0 unspecified atom stereocenters. The van der Waals surface area contributed by atoms with Crippen LogP contribution >= 0.6 is 0 Å². The number of aryl methyl sites for hydroxylation is 1. The van der Waals surface area contributed by atoms with Gasteiger partial charge < -0.3 is 20.2 Å². The summed E-state index contributed by atoms with van der Waals surface area (Å²) in [4.78, 5) is 4.31. The van der Waals surface area contributed by atoms with Crippen molar-refractivity contribution in [2.75, 3.05) is 18.5 Å². The Labute approximate surface area is 203 Å². The molecule has 0 spiro atoms. The van der Waals surface area contributed by atoms with E-state index in [2.05, 4.69) is 10.3 Å². The molecule has 0 saturated carbocycles. The molecule has 4 N–H and O–H groups in total. The zero-order valence-electron chi connectivity index (χ0n) is 19.0. The summed E-state index contributed by atoms with van der Waals surface area (Å²) in [6.45, 7) is 2.69. The Morgan fingerprint density at radius 3 is 2.49 bits per heavy atom. The molecule has 4 aromatic rings. The quantitative estimate of drug-likeness (QED) is 0.293. The lowest BCUT2D eigenvalue weighted by Crippen LogP contribution is -2.10. The van der Waals surface area contributed by atoms with E-state index in [4.69, 9.17) is 19.4 Å². The third-order valence-corrected chi connectivity index (χ3v) is 5.67. The van der Waals surface area contributed by atoms with E-state index in [9.17, 15) is 12.8 Å². The van der Waals surface area contributed by atoms with E-state index in [1.54, 1.807) is 30.3 Å². The molecule has 35 heavy (non-hydrogen) atoms. The van der Waals surface area contributed by atoms with Gasteiger partial charge in [0.25, 0.3) is 16.1 Å². The summed E-state index contributed by atoms with van der Waals surface area (Å²) in [6, 6.07) is 21.7. The highest BCUT2D eigenvalue weighted by Gasteiger charge is 2.08. The Kier molecular flexibility index (Phi) is 8.96. The predicted molar refractivity (Wildman–Crippen MR) is 133 cm³/mol. The standard InChI is InChI=1S/C18H18FN3O2.C7H8O3S/c19-9-14(10-20)12-23-15-6-7-16-17(8-15)24-18(22-16)21-11-13-4-2-1-3-5-13;1-6-2-4-7(5-3-6)11(8,9)10/h1-9H,10-12,20H2,(H,21,22);2-5H,1H3,(H,8,9,10). The molecule has 0 radical (unpaired) electrons. The van der Waals surface area contributed by atoms with Crippen LogP contribution in [0.5, 0.6) is 5.75 Å². The molecule has 8 nitrogen and oxygen atoms in total. The molecule has 0 saturated heterocycles. The lowest BCUT2D eigenvalue weighted by molar-refractivity contribution is 0.347. The highest BCUT2D eigenvalue weighted by atomic mass is 32.2. The molecule has 0 atom stereocenters. The maximum absolute atomic E-state index is 12.5. The van der Waals surface area contributed by atoms with E-state index in [0.29, 0.717) is 35.8 Å². The number of nitrogens with one attached hydrogen (secondary N) is 1. The first-order valence-electron chi connectivity index (χ1n) is 10.6. The molecular formula is C25H26FN3O5S. The Hall–Kier alpha value is -3.73. The van der Waals surface area contributed by atoms with Crippen LogP contribution in [0.25, 0.3) is 11.1 Å². The average Bonchev–Trinajstić information content (AvgIpc) is 3.26. The summed E-state index contributed by atoms with van der Waals surface area (Å²) in [5.74, 6) is 0.570. The topological polar surface area (TPSA) is 128 Å². The fraction of sp³-hybridized carbons (Fsp3) is 0.160. The zero-order valence-corrected chi connectivity index (χ0v) is 19.8. The number of fused-ring (bicyclic) bond motifs is 1. The molecule has 0 bridgehead atoms. The van der Waals surface area contributed by atoms with Crippen LogP contribution in [0.1, 0.15) is 11.1 Å². The minimum atomic E-state index is -4.02. The molecule has 3 aromatic carbocycles. The highest BCUT2D eigenvalue weighted by molar-refractivity contribution is 7.85. The van der Waals surface area contributed by atoms with Gasteiger partial charge in [0.05, 0.1) is 11.2 Å². The van der Waals surface area contributed by atoms with Crippen molar-refractivity contribution in [1.82, 2.24) is 4.98 Å². The second kappa shape index (κ2) is 12.1. The molecule has 0 aliphatic carbocycles. The van der Waals surface area contributed by atoms with Crippen molar-refractivity contribution in [2.24, 2.45) is 5.73 Å². The van der Waals surface area contributed by atoms with Gasteiger partial charge in [-0.05, 0) is 36.8 Å². The van der Waals surface area contributed by atoms with Gasteiger partial charge in [-0.2, -0.15) is 13.4 Å². The van der Waals surface area contributed by atoms with Crippen molar-refractivity contribution in [2.45, 2.75) is 18.4 Å². The average molecular weight is 500 g/mol. The van der Waals surface area contributed by atoms with E-state index in [0.717, 1.165) is 16.6 Å². The summed E-state index contributed by atoms with van der Waals surface area (Å²) >= 11 is 0. The van der Waals surface area contributed by atoms with Crippen molar-refractivity contribution in [1.29, 1.82) is 0 Å². The number of nitrogens with zero attached hydrogens (tertiary/aromatic N) is 1. The summed E-state index contributed by atoms with van der Waals surface area (Å²) < 4.78 is 53.2. The Balaban J connectivity index is 0.000000261. The van der Waals surface area contributed by atoms with Crippen LogP contribution in [0.15, 0.2) is 94.0 Å². The van der Waals surface area contributed by atoms with E-state index in [-0.39, 0.29) is 18.0 Å². The van der Waals surface area contributed by atoms with Crippen molar-refractivity contribution in [3.05, 3.63) is 95.8 Å². The number of rotatable bonds is 8. The molecule has 1 aromatic heterocycles. The summed E-state index contributed by atoms with van der Waals surface area (Å²) in [5.41, 5.74) is 9.19. The minimum absolute atomic E-state index is 0.0666. The van der Waals surface area contributed by atoms with Gasteiger partial charge in [0.2, 0.25) is 0 Å². The first-order valence-corrected chi connectivity index (χ1v) is 12.1. The molecule has 4 rings (SSSR count). The fourth-order valence-electron chi connectivity index (χ4n) is 2.87. The van der Waals surface area contributed by atoms with Crippen LogP contribution in [0.4, 0.5) is 10.4 Å². The Morgan fingerprint density at radius 1 is 1.14 bits per heavy atom. The number of anilines is 1. The first kappa shape index (κ1) is 25.9. The molecule has 0 aliphatic heterocycles. The van der Waals surface area contributed by atoms with Crippen LogP contribution in [-0.2, 0) is 16.7 Å². The van der Waals surface area contributed by atoms with Crippen LogP contribution < -0.4 is 15.8 Å². The summed E-state index contributed by atoms with van der Waals surface area (Å²) in [5, 5.41) is 3.14.